The molecule has 0 saturated heterocycles. The van der Waals surface area contributed by atoms with E-state index < -0.39 is 0 Å². The van der Waals surface area contributed by atoms with Crippen molar-refractivity contribution in [2.24, 2.45) is 5.84 Å². The Kier molecular flexibility index (Phi) is 5.32. The van der Waals surface area contributed by atoms with Crippen LogP contribution in [0.3, 0.4) is 0 Å². The van der Waals surface area contributed by atoms with Gasteiger partial charge < -0.3 is 4.74 Å². The average Bonchev–Trinajstić information content (AvgIpc) is 2.24. The number of benzene rings is 1. The van der Waals surface area contributed by atoms with Gasteiger partial charge in [-0.3, -0.25) is 11.3 Å². The van der Waals surface area contributed by atoms with E-state index in [1.165, 1.54) is 11.1 Å². The summed E-state index contributed by atoms with van der Waals surface area (Å²) in [6.45, 7) is 2.84. The highest BCUT2D eigenvalue weighted by molar-refractivity contribution is 5.22. The fourth-order valence-electron chi connectivity index (χ4n) is 1.63. The molecule has 0 spiro atoms. The van der Waals surface area contributed by atoms with Gasteiger partial charge in [-0.2, -0.15) is 0 Å². The Hall–Kier alpha value is -0.900. The summed E-state index contributed by atoms with van der Waals surface area (Å²) in [5.41, 5.74) is 5.43. The number of hydrazine groups is 1. The standard InChI is InChI=1S/C12H20N2O/c1-10-4-3-5-11(8-10)9-12(14-13)6-7-15-2/h3-5,8,12,14H,6-7,9,13H2,1-2H3. The van der Waals surface area contributed by atoms with Crippen molar-refractivity contribution >= 4 is 0 Å². The van der Waals surface area contributed by atoms with Crippen molar-refractivity contribution < 1.29 is 4.74 Å². The third-order valence-corrected chi connectivity index (χ3v) is 2.47. The van der Waals surface area contributed by atoms with Crippen LogP contribution >= 0.6 is 0 Å². The summed E-state index contributed by atoms with van der Waals surface area (Å²) in [4.78, 5) is 0. The molecule has 1 atom stereocenters. The summed E-state index contributed by atoms with van der Waals surface area (Å²) >= 11 is 0. The Morgan fingerprint density at radius 2 is 2.27 bits per heavy atom. The summed E-state index contributed by atoms with van der Waals surface area (Å²) in [5, 5.41) is 0. The van der Waals surface area contributed by atoms with Gasteiger partial charge in [-0.15, -0.1) is 0 Å². The van der Waals surface area contributed by atoms with Crippen molar-refractivity contribution in [2.75, 3.05) is 13.7 Å². The van der Waals surface area contributed by atoms with E-state index in [0.29, 0.717) is 0 Å². The van der Waals surface area contributed by atoms with Gasteiger partial charge in [-0.1, -0.05) is 29.8 Å². The summed E-state index contributed by atoms with van der Waals surface area (Å²) in [7, 11) is 1.71. The third-order valence-electron chi connectivity index (χ3n) is 2.47. The van der Waals surface area contributed by atoms with E-state index in [-0.39, 0.29) is 6.04 Å². The number of hydrogen-bond donors (Lipinski definition) is 2. The molecule has 1 rings (SSSR count). The second kappa shape index (κ2) is 6.56. The number of nitrogens with two attached hydrogens (primary N) is 1. The highest BCUT2D eigenvalue weighted by Crippen LogP contribution is 2.08. The molecule has 1 unspecified atom stereocenters. The molecule has 3 nitrogen and oxygen atoms in total. The van der Waals surface area contributed by atoms with Gasteiger partial charge in [0.25, 0.3) is 0 Å². The summed E-state index contributed by atoms with van der Waals surface area (Å²) in [6, 6.07) is 8.78. The molecule has 0 radical (unpaired) electrons. The van der Waals surface area contributed by atoms with Crippen molar-refractivity contribution in [1.29, 1.82) is 0 Å². The van der Waals surface area contributed by atoms with E-state index in [4.69, 9.17) is 10.6 Å². The third kappa shape index (κ3) is 4.42. The second-order valence-electron chi connectivity index (χ2n) is 3.84. The van der Waals surface area contributed by atoms with Crippen molar-refractivity contribution in [3.8, 4) is 0 Å². The van der Waals surface area contributed by atoms with Crippen molar-refractivity contribution in [3.05, 3.63) is 35.4 Å². The molecule has 0 fully saturated rings. The maximum atomic E-state index is 5.49. The zero-order valence-electron chi connectivity index (χ0n) is 9.49. The molecule has 0 aliphatic rings. The minimum absolute atomic E-state index is 0.284. The molecule has 0 aliphatic carbocycles. The number of methoxy groups -OCH3 is 1. The van der Waals surface area contributed by atoms with E-state index in [0.717, 1.165) is 19.4 Å². The summed E-state index contributed by atoms with van der Waals surface area (Å²) in [5.74, 6) is 5.49. The molecule has 0 aromatic heterocycles. The quantitative estimate of drug-likeness (QED) is 0.549. The zero-order chi connectivity index (χ0) is 11.1. The highest BCUT2D eigenvalue weighted by Gasteiger charge is 2.07. The van der Waals surface area contributed by atoms with Crippen LogP contribution in [0.4, 0.5) is 0 Å². The monoisotopic (exact) mass is 208 g/mol. The maximum Gasteiger partial charge on any atom is 0.0477 e. The van der Waals surface area contributed by atoms with Gasteiger partial charge in [0, 0.05) is 19.8 Å². The molecule has 3 N–H and O–H groups in total. The molecule has 0 amide bonds. The van der Waals surface area contributed by atoms with Gasteiger partial charge in [-0.25, -0.2) is 0 Å². The highest BCUT2D eigenvalue weighted by atomic mass is 16.5. The van der Waals surface area contributed by atoms with Crippen LogP contribution in [0.5, 0.6) is 0 Å². The first-order valence-corrected chi connectivity index (χ1v) is 5.27. The minimum Gasteiger partial charge on any atom is -0.385 e. The molecule has 1 aromatic rings. The van der Waals surface area contributed by atoms with Gasteiger partial charge in [0.1, 0.15) is 0 Å². The molecule has 0 saturated carbocycles. The topological polar surface area (TPSA) is 47.3 Å². The lowest BCUT2D eigenvalue weighted by Gasteiger charge is -2.15. The first-order chi connectivity index (χ1) is 7.26. The predicted octanol–water partition coefficient (Wildman–Crippen LogP) is 1.41. The number of nitrogens with one attached hydrogen (secondary N) is 1. The van der Waals surface area contributed by atoms with Gasteiger partial charge in [0.05, 0.1) is 0 Å². The van der Waals surface area contributed by atoms with Crippen molar-refractivity contribution in [2.45, 2.75) is 25.8 Å². The lowest BCUT2D eigenvalue weighted by Crippen LogP contribution is -2.37. The number of hydrogen-bond acceptors (Lipinski definition) is 3. The lowest BCUT2D eigenvalue weighted by molar-refractivity contribution is 0.182. The van der Waals surface area contributed by atoms with Crippen LogP contribution in [0.15, 0.2) is 24.3 Å². The predicted molar refractivity (Wildman–Crippen MR) is 62.5 cm³/mol. The maximum absolute atomic E-state index is 5.49. The van der Waals surface area contributed by atoms with Crippen LogP contribution in [-0.4, -0.2) is 19.8 Å². The minimum atomic E-state index is 0.284. The van der Waals surface area contributed by atoms with Crippen LogP contribution in [-0.2, 0) is 11.2 Å². The first-order valence-electron chi connectivity index (χ1n) is 5.27. The number of aryl methyl sites for hydroxylation is 1. The second-order valence-corrected chi connectivity index (χ2v) is 3.84. The molecule has 0 bridgehead atoms. The van der Waals surface area contributed by atoms with Gasteiger partial charge in [-0.05, 0) is 25.3 Å². The Labute approximate surface area is 91.6 Å². The Bertz CT molecular complexity index is 289. The fourth-order valence-corrected chi connectivity index (χ4v) is 1.63. The van der Waals surface area contributed by atoms with Gasteiger partial charge in [0.2, 0.25) is 0 Å². The van der Waals surface area contributed by atoms with Gasteiger partial charge in [0.15, 0.2) is 0 Å². The fraction of sp³-hybridized carbons (Fsp3) is 0.500. The lowest BCUT2D eigenvalue weighted by atomic mass is 10.0. The molecule has 0 heterocycles. The Morgan fingerprint density at radius 3 is 2.87 bits per heavy atom. The summed E-state index contributed by atoms with van der Waals surface area (Å²) < 4.78 is 5.04. The van der Waals surface area contributed by atoms with Crippen LogP contribution in [0.1, 0.15) is 17.5 Å². The van der Waals surface area contributed by atoms with Crippen LogP contribution in [0, 0.1) is 6.92 Å². The van der Waals surface area contributed by atoms with E-state index in [1.54, 1.807) is 7.11 Å². The van der Waals surface area contributed by atoms with Crippen molar-refractivity contribution in [3.63, 3.8) is 0 Å². The zero-order valence-corrected chi connectivity index (χ0v) is 9.49. The van der Waals surface area contributed by atoms with E-state index in [2.05, 4.69) is 36.6 Å². The van der Waals surface area contributed by atoms with E-state index >= 15 is 0 Å². The molecule has 84 valence electrons. The molecule has 3 heteroatoms. The van der Waals surface area contributed by atoms with Crippen LogP contribution in [0.2, 0.25) is 0 Å². The molecular weight excluding hydrogens is 188 g/mol. The molecule has 0 aliphatic heterocycles. The summed E-state index contributed by atoms with van der Waals surface area (Å²) in [6.07, 6.45) is 1.88. The van der Waals surface area contributed by atoms with Crippen LogP contribution < -0.4 is 11.3 Å². The molecule has 15 heavy (non-hydrogen) atoms. The Morgan fingerprint density at radius 1 is 1.47 bits per heavy atom. The number of ether oxygens (including phenoxy) is 1. The van der Waals surface area contributed by atoms with E-state index in [9.17, 15) is 0 Å². The SMILES string of the molecule is COCCC(Cc1cccc(C)c1)NN. The van der Waals surface area contributed by atoms with Crippen molar-refractivity contribution in [1.82, 2.24) is 5.43 Å². The molecule has 1 aromatic carbocycles. The van der Waals surface area contributed by atoms with Crippen LogP contribution in [0.25, 0.3) is 0 Å². The Balaban J connectivity index is 2.50. The largest absolute Gasteiger partial charge is 0.385 e. The number of rotatable bonds is 6. The average molecular weight is 208 g/mol. The van der Waals surface area contributed by atoms with E-state index in [1.807, 2.05) is 0 Å². The first kappa shape index (κ1) is 12.2. The molecular formula is C12H20N2O. The smallest absolute Gasteiger partial charge is 0.0477 e. The van der Waals surface area contributed by atoms with Gasteiger partial charge >= 0.3 is 0 Å². The normalized spacial score (nSPS) is 12.7.